The van der Waals surface area contributed by atoms with Crippen LogP contribution in [-0.2, 0) is 4.74 Å². The lowest BCUT2D eigenvalue weighted by Crippen LogP contribution is -2.25. The Morgan fingerprint density at radius 2 is 2.38 bits per heavy atom. The fourth-order valence-corrected chi connectivity index (χ4v) is 1.90. The fourth-order valence-electron chi connectivity index (χ4n) is 1.48. The molecule has 0 saturated carbocycles. The second-order valence-corrected chi connectivity index (χ2v) is 4.66. The van der Waals surface area contributed by atoms with E-state index in [0.29, 0.717) is 17.3 Å². The van der Waals surface area contributed by atoms with Crippen molar-refractivity contribution < 1.29 is 14.6 Å². The molecule has 16 heavy (non-hydrogen) atoms. The van der Waals surface area contributed by atoms with Crippen LogP contribution in [0.15, 0.2) is 22.7 Å². The first-order valence-electron chi connectivity index (χ1n) is 4.66. The largest absolute Gasteiger partial charge is 0.441 e. The lowest BCUT2D eigenvalue weighted by Gasteiger charge is -2.13. The smallest absolute Gasteiger partial charge is 0.414 e. The number of hydrogen-bond donors (Lipinski definition) is 1. The summed E-state index contributed by atoms with van der Waals surface area (Å²) >= 11 is 9.21. The van der Waals surface area contributed by atoms with Crippen molar-refractivity contribution in [2.75, 3.05) is 18.1 Å². The molecule has 0 spiro atoms. The van der Waals surface area contributed by atoms with Crippen LogP contribution in [0.1, 0.15) is 0 Å². The molecule has 1 aliphatic rings. The summed E-state index contributed by atoms with van der Waals surface area (Å²) in [6.07, 6.45) is -0.924. The number of aliphatic hydroxyl groups is 1. The van der Waals surface area contributed by atoms with E-state index in [-0.39, 0.29) is 6.61 Å². The molecule has 0 radical (unpaired) electrons. The van der Waals surface area contributed by atoms with E-state index in [1.165, 1.54) is 4.90 Å². The van der Waals surface area contributed by atoms with Crippen LogP contribution in [0.3, 0.4) is 0 Å². The van der Waals surface area contributed by atoms with Crippen molar-refractivity contribution in [2.45, 2.75) is 6.10 Å². The third kappa shape index (κ3) is 2.16. The zero-order chi connectivity index (χ0) is 11.7. The van der Waals surface area contributed by atoms with Gasteiger partial charge in [-0.1, -0.05) is 11.6 Å². The Morgan fingerprint density at radius 1 is 1.62 bits per heavy atom. The minimum atomic E-state index is -0.463. The number of aliphatic hydroxyl groups excluding tert-OH is 1. The number of hydrogen-bond acceptors (Lipinski definition) is 3. The van der Waals surface area contributed by atoms with Crippen LogP contribution < -0.4 is 4.90 Å². The number of halogens is 2. The van der Waals surface area contributed by atoms with Gasteiger partial charge in [0.15, 0.2) is 0 Å². The highest BCUT2D eigenvalue weighted by Crippen LogP contribution is 2.29. The minimum absolute atomic E-state index is 0.174. The Morgan fingerprint density at radius 3 is 2.94 bits per heavy atom. The monoisotopic (exact) mass is 305 g/mol. The average molecular weight is 307 g/mol. The maximum absolute atomic E-state index is 11.5. The number of rotatable bonds is 2. The van der Waals surface area contributed by atoms with E-state index in [0.717, 1.165) is 4.47 Å². The minimum Gasteiger partial charge on any atom is -0.441 e. The molecular weight excluding hydrogens is 297 g/mol. The Hall–Kier alpha value is -0.780. The van der Waals surface area contributed by atoms with E-state index in [1.807, 2.05) is 0 Å². The van der Waals surface area contributed by atoms with Crippen molar-refractivity contribution in [3.05, 3.63) is 27.7 Å². The van der Waals surface area contributed by atoms with Gasteiger partial charge in [0, 0.05) is 10.2 Å². The van der Waals surface area contributed by atoms with Crippen molar-refractivity contribution in [3.63, 3.8) is 0 Å². The predicted molar refractivity (Wildman–Crippen MR) is 63.9 cm³/mol. The third-order valence-corrected chi connectivity index (χ3v) is 3.53. The van der Waals surface area contributed by atoms with Gasteiger partial charge in [-0.05, 0) is 34.1 Å². The molecule has 1 aromatic carbocycles. The Balaban J connectivity index is 2.24. The Bertz CT molecular complexity index is 427. The molecule has 0 bridgehead atoms. The standard InChI is InChI=1S/C10H9BrClNO3/c11-8-2-1-6(3-9(8)12)13-4-7(5-14)16-10(13)15/h1-3,7,14H,4-5H2/t7-/m1/s1. The van der Waals surface area contributed by atoms with Crippen LogP contribution in [0.5, 0.6) is 0 Å². The first-order valence-corrected chi connectivity index (χ1v) is 5.83. The van der Waals surface area contributed by atoms with Gasteiger partial charge in [-0.25, -0.2) is 4.79 Å². The van der Waals surface area contributed by atoms with E-state index in [2.05, 4.69) is 15.9 Å². The maximum Gasteiger partial charge on any atom is 0.414 e. The van der Waals surface area contributed by atoms with E-state index in [1.54, 1.807) is 18.2 Å². The molecule has 1 saturated heterocycles. The van der Waals surface area contributed by atoms with Gasteiger partial charge in [0.1, 0.15) is 6.10 Å². The number of anilines is 1. The van der Waals surface area contributed by atoms with Crippen molar-refractivity contribution in [1.29, 1.82) is 0 Å². The summed E-state index contributed by atoms with van der Waals surface area (Å²) in [5, 5.41) is 9.44. The topological polar surface area (TPSA) is 49.8 Å². The highest BCUT2D eigenvalue weighted by Gasteiger charge is 2.31. The summed E-state index contributed by atoms with van der Waals surface area (Å²) in [5.41, 5.74) is 0.661. The fraction of sp³-hybridized carbons (Fsp3) is 0.300. The molecule has 1 fully saturated rings. The number of amides is 1. The van der Waals surface area contributed by atoms with Gasteiger partial charge in [-0.15, -0.1) is 0 Å². The molecule has 1 aromatic rings. The van der Waals surface area contributed by atoms with Crippen LogP contribution in [0.2, 0.25) is 5.02 Å². The molecule has 86 valence electrons. The van der Waals surface area contributed by atoms with Gasteiger partial charge < -0.3 is 9.84 Å². The summed E-state index contributed by atoms with van der Waals surface area (Å²) in [5.74, 6) is 0. The Labute approximate surface area is 106 Å². The van der Waals surface area contributed by atoms with E-state index in [4.69, 9.17) is 21.4 Å². The van der Waals surface area contributed by atoms with E-state index >= 15 is 0 Å². The van der Waals surface area contributed by atoms with Crippen LogP contribution >= 0.6 is 27.5 Å². The summed E-state index contributed by atoms with van der Waals surface area (Å²) in [7, 11) is 0. The molecule has 1 heterocycles. The van der Waals surface area contributed by atoms with Crippen LogP contribution in [-0.4, -0.2) is 30.5 Å². The second kappa shape index (κ2) is 4.61. The third-order valence-electron chi connectivity index (χ3n) is 2.29. The SMILES string of the molecule is O=C1O[C@@H](CO)CN1c1ccc(Br)c(Cl)c1. The molecule has 4 nitrogen and oxygen atoms in total. The first-order chi connectivity index (χ1) is 7.61. The molecule has 0 aliphatic carbocycles. The van der Waals surface area contributed by atoms with Crippen molar-refractivity contribution in [2.24, 2.45) is 0 Å². The first kappa shape index (κ1) is 11.7. The number of nitrogens with zero attached hydrogens (tertiary/aromatic N) is 1. The summed E-state index contributed by atoms with van der Waals surface area (Å²) in [4.78, 5) is 12.9. The number of carbonyl (C=O) groups is 1. The highest BCUT2D eigenvalue weighted by molar-refractivity contribution is 9.10. The van der Waals surface area contributed by atoms with E-state index in [9.17, 15) is 4.79 Å². The maximum atomic E-state index is 11.5. The number of benzene rings is 1. The zero-order valence-corrected chi connectivity index (χ0v) is 10.5. The molecule has 1 aliphatic heterocycles. The van der Waals surface area contributed by atoms with Crippen molar-refractivity contribution >= 4 is 39.3 Å². The number of carbonyl (C=O) groups excluding carboxylic acids is 1. The van der Waals surface area contributed by atoms with Gasteiger partial charge in [0.2, 0.25) is 0 Å². The van der Waals surface area contributed by atoms with Crippen LogP contribution in [0.4, 0.5) is 10.5 Å². The molecule has 0 aromatic heterocycles. The molecule has 1 N–H and O–H groups in total. The average Bonchev–Trinajstić information content (AvgIpc) is 2.64. The normalized spacial score (nSPS) is 20.1. The summed E-state index contributed by atoms with van der Waals surface area (Å²) in [6.45, 7) is 0.166. The van der Waals surface area contributed by atoms with E-state index < -0.39 is 12.2 Å². The summed E-state index contributed by atoms with van der Waals surface area (Å²) in [6, 6.07) is 5.20. The lowest BCUT2D eigenvalue weighted by atomic mass is 10.3. The molecule has 0 unspecified atom stereocenters. The quantitative estimate of drug-likeness (QED) is 0.913. The lowest BCUT2D eigenvalue weighted by molar-refractivity contribution is 0.0963. The van der Waals surface area contributed by atoms with Crippen LogP contribution in [0, 0.1) is 0 Å². The van der Waals surface area contributed by atoms with Gasteiger partial charge in [-0.3, -0.25) is 4.90 Å². The Kier molecular flexibility index (Phi) is 3.37. The molecule has 1 amide bonds. The highest BCUT2D eigenvalue weighted by atomic mass is 79.9. The number of ether oxygens (including phenoxy) is 1. The van der Waals surface area contributed by atoms with Crippen LogP contribution in [0.25, 0.3) is 0 Å². The molecule has 1 atom stereocenters. The predicted octanol–water partition coefficient (Wildman–Crippen LogP) is 2.42. The van der Waals surface area contributed by atoms with Crippen molar-refractivity contribution in [1.82, 2.24) is 0 Å². The van der Waals surface area contributed by atoms with Gasteiger partial charge in [-0.2, -0.15) is 0 Å². The molecule has 6 heteroatoms. The zero-order valence-electron chi connectivity index (χ0n) is 8.19. The molecular formula is C10H9BrClNO3. The molecule has 2 rings (SSSR count). The van der Waals surface area contributed by atoms with Gasteiger partial charge in [0.25, 0.3) is 0 Å². The van der Waals surface area contributed by atoms with Gasteiger partial charge in [0.05, 0.1) is 18.2 Å². The van der Waals surface area contributed by atoms with Crippen molar-refractivity contribution in [3.8, 4) is 0 Å². The van der Waals surface area contributed by atoms with Gasteiger partial charge >= 0.3 is 6.09 Å². The summed E-state index contributed by atoms with van der Waals surface area (Å²) < 4.78 is 5.70. The second-order valence-electron chi connectivity index (χ2n) is 3.40. The number of cyclic esters (lactones) is 1.